The van der Waals surface area contributed by atoms with Crippen molar-refractivity contribution in [2.75, 3.05) is 38.5 Å². The van der Waals surface area contributed by atoms with Crippen molar-refractivity contribution >= 4 is 11.6 Å². The van der Waals surface area contributed by atoms with Gasteiger partial charge in [-0.25, -0.2) is 4.39 Å². The number of benzene rings is 1. The van der Waals surface area contributed by atoms with E-state index in [4.69, 9.17) is 9.26 Å². The van der Waals surface area contributed by atoms with Crippen LogP contribution in [0.25, 0.3) is 11.5 Å². The van der Waals surface area contributed by atoms with Crippen molar-refractivity contribution in [1.29, 1.82) is 0 Å². The monoisotopic (exact) mass is 453 g/mol. The SMILES string of the molecule is Cc1noc(-c2ccc(NC(=O)C3CCC4=CC(F)CC(N5CCN(C)CC5)=C4O3)cc2)n1. The van der Waals surface area contributed by atoms with E-state index in [2.05, 4.69) is 32.3 Å². The average Bonchev–Trinajstić information content (AvgIpc) is 3.25. The second kappa shape index (κ2) is 8.97. The lowest BCUT2D eigenvalue weighted by Gasteiger charge is -2.40. The first kappa shape index (κ1) is 21.6. The Labute approximate surface area is 192 Å². The second-order valence-electron chi connectivity index (χ2n) is 8.84. The summed E-state index contributed by atoms with van der Waals surface area (Å²) in [4.78, 5) is 21.7. The highest BCUT2D eigenvalue weighted by Crippen LogP contribution is 2.38. The lowest BCUT2D eigenvalue weighted by molar-refractivity contribution is -0.126. The van der Waals surface area contributed by atoms with Gasteiger partial charge in [0.05, 0.1) is 5.70 Å². The summed E-state index contributed by atoms with van der Waals surface area (Å²) in [6, 6.07) is 7.23. The van der Waals surface area contributed by atoms with Crippen LogP contribution in [0.5, 0.6) is 0 Å². The van der Waals surface area contributed by atoms with Gasteiger partial charge in [0, 0.05) is 43.9 Å². The Morgan fingerprint density at radius 3 is 2.64 bits per heavy atom. The molecular formula is C24H28FN5O3. The van der Waals surface area contributed by atoms with Crippen molar-refractivity contribution < 1.29 is 18.4 Å². The van der Waals surface area contributed by atoms with Gasteiger partial charge in [0.2, 0.25) is 0 Å². The van der Waals surface area contributed by atoms with Crippen molar-refractivity contribution in [3.8, 4) is 11.5 Å². The highest BCUT2D eigenvalue weighted by molar-refractivity contribution is 5.94. The van der Waals surface area contributed by atoms with Crippen LogP contribution < -0.4 is 5.32 Å². The first-order valence-electron chi connectivity index (χ1n) is 11.4. The Morgan fingerprint density at radius 1 is 1.18 bits per heavy atom. The molecule has 1 aliphatic carbocycles. The molecule has 9 heteroatoms. The Morgan fingerprint density at radius 2 is 1.94 bits per heavy atom. The van der Waals surface area contributed by atoms with Crippen molar-refractivity contribution in [3.05, 3.63) is 53.2 Å². The van der Waals surface area contributed by atoms with E-state index in [9.17, 15) is 9.18 Å². The molecule has 2 saturated heterocycles. The maximum absolute atomic E-state index is 14.4. The normalized spacial score (nSPS) is 23.6. The zero-order valence-electron chi connectivity index (χ0n) is 18.9. The lowest BCUT2D eigenvalue weighted by atomic mass is 9.92. The van der Waals surface area contributed by atoms with E-state index in [1.54, 1.807) is 25.1 Å². The van der Waals surface area contributed by atoms with E-state index < -0.39 is 12.3 Å². The summed E-state index contributed by atoms with van der Waals surface area (Å²) in [6.07, 6.45) is 1.47. The number of piperazine rings is 1. The van der Waals surface area contributed by atoms with Gasteiger partial charge in [0.1, 0.15) is 11.9 Å². The van der Waals surface area contributed by atoms with Gasteiger partial charge in [-0.15, -0.1) is 0 Å². The van der Waals surface area contributed by atoms with Crippen molar-refractivity contribution in [3.63, 3.8) is 0 Å². The number of allylic oxidation sites excluding steroid dienone is 3. The van der Waals surface area contributed by atoms with Crippen LogP contribution in [-0.2, 0) is 9.53 Å². The Balaban J connectivity index is 1.28. The highest BCUT2D eigenvalue weighted by atomic mass is 19.1. The third kappa shape index (κ3) is 4.64. The molecule has 0 saturated carbocycles. The summed E-state index contributed by atoms with van der Waals surface area (Å²) >= 11 is 0. The third-order valence-corrected chi connectivity index (χ3v) is 6.36. The van der Waals surface area contributed by atoms with Crippen molar-refractivity contribution in [2.45, 2.75) is 38.5 Å². The van der Waals surface area contributed by atoms with Crippen LogP contribution in [-0.4, -0.2) is 71.3 Å². The summed E-state index contributed by atoms with van der Waals surface area (Å²) < 4.78 is 25.8. The second-order valence-corrected chi connectivity index (χ2v) is 8.84. The molecule has 2 aromatic rings. The van der Waals surface area contributed by atoms with Crippen LogP contribution >= 0.6 is 0 Å². The van der Waals surface area contributed by atoms with E-state index >= 15 is 0 Å². The van der Waals surface area contributed by atoms with Gasteiger partial charge in [0.15, 0.2) is 11.9 Å². The van der Waals surface area contributed by atoms with Gasteiger partial charge >= 0.3 is 0 Å². The largest absolute Gasteiger partial charge is 0.478 e. The van der Waals surface area contributed by atoms with Crippen LogP contribution in [0, 0.1) is 6.92 Å². The molecule has 1 aromatic heterocycles. The Hall–Kier alpha value is -3.20. The number of rotatable bonds is 4. The highest BCUT2D eigenvalue weighted by Gasteiger charge is 2.35. The number of likely N-dealkylation sites (N-methyl/N-ethyl adjacent to an activating group) is 1. The summed E-state index contributed by atoms with van der Waals surface area (Å²) in [7, 11) is 2.09. The fourth-order valence-electron chi connectivity index (χ4n) is 4.51. The molecule has 0 spiro atoms. The summed E-state index contributed by atoms with van der Waals surface area (Å²) in [6.45, 7) is 5.28. The predicted octanol–water partition coefficient (Wildman–Crippen LogP) is 3.29. The Kier molecular flexibility index (Phi) is 5.88. The van der Waals surface area contributed by atoms with E-state index in [1.165, 1.54) is 0 Å². The fourth-order valence-corrected chi connectivity index (χ4v) is 4.51. The smallest absolute Gasteiger partial charge is 0.265 e. The number of ether oxygens (including phenoxy) is 1. The molecule has 2 unspecified atom stereocenters. The third-order valence-electron chi connectivity index (χ3n) is 6.36. The molecule has 5 rings (SSSR count). The molecule has 0 radical (unpaired) electrons. The van der Waals surface area contributed by atoms with Crippen LogP contribution in [0.15, 0.2) is 51.9 Å². The van der Waals surface area contributed by atoms with Crippen LogP contribution in [0.4, 0.5) is 10.1 Å². The Bertz CT molecular complexity index is 1090. The van der Waals surface area contributed by atoms with E-state index in [1.807, 2.05) is 12.1 Å². The van der Waals surface area contributed by atoms with Gasteiger partial charge in [-0.2, -0.15) is 4.98 Å². The molecule has 174 valence electrons. The minimum atomic E-state index is -1.01. The predicted molar refractivity (Wildman–Crippen MR) is 121 cm³/mol. The molecule has 0 bridgehead atoms. The maximum atomic E-state index is 14.4. The number of alkyl halides is 1. The molecule has 3 aliphatic rings. The fraction of sp³-hybridized carbons (Fsp3) is 0.458. The minimum absolute atomic E-state index is 0.206. The van der Waals surface area contributed by atoms with E-state index in [0.717, 1.165) is 43.0 Å². The van der Waals surface area contributed by atoms with Gasteiger partial charge < -0.3 is 24.4 Å². The number of aryl methyl sites for hydroxylation is 1. The molecule has 8 nitrogen and oxygen atoms in total. The minimum Gasteiger partial charge on any atom is -0.478 e. The van der Waals surface area contributed by atoms with E-state index in [-0.39, 0.29) is 5.91 Å². The zero-order valence-corrected chi connectivity index (χ0v) is 18.9. The number of hydrogen-bond acceptors (Lipinski definition) is 7. The molecular weight excluding hydrogens is 425 g/mol. The molecule has 2 aliphatic heterocycles. The van der Waals surface area contributed by atoms with Gasteiger partial charge in [-0.1, -0.05) is 5.16 Å². The summed E-state index contributed by atoms with van der Waals surface area (Å²) in [5.74, 6) is 1.49. The number of amides is 1. The number of halogens is 1. The number of carbonyl (C=O) groups is 1. The van der Waals surface area contributed by atoms with Crippen LogP contribution in [0.2, 0.25) is 0 Å². The maximum Gasteiger partial charge on any atom is 0.265 e. The molecule has 2 atom stereocenters. The van der Waals surface area contributed by atoms with Gasteiger partial charge in [0.25, 0.3) is 11.8 Å². The van der Waals surface area contributed by atoms with Crippen molar-refractivity contribution in [2.24, 2.45) is 0 Å². The topological polar surface area (TPSA) is 83.7 Å². The molecule has 1 aromatic carbocycles. The number of hydrogen-bond donors (Lipinski definition) is 1. The number of nitrogens with one attached hydrogen (secondary N) is 1. The van der Waals surface area contributed by atoms with Gasteiger partial charge in [-0.05, 0) is 62.7 Å². The summed E-state index contributed by atoms with van der Waals surface area (Å²) in [5.41, 5.74) is 3.21. The first-order chi connectivity index (χ1) is 16.0. The van der Waals surface area contributed by atoms with Crippen LogP contribution in [0.1, 0.15) is 25.1 Å². The number of nitrogens with zero attached hydrogens (tertiary/aromatic N) is 4. The zero-order chi connectivity index (χ0) is 22.9. The average molecular weight is 454 g/mol. The lowest BCUT2D eigenvalue weighted by Crippen LogP contribution is -2.45. The molecule has 2 fully saturated rings. The molecule has 3 heterocycles. The number of aromatic nitrogens is 2. The summed E-state index contributed by atoms with van der Waals surface area (Å²) in [5, 5.41) is 6.73. The molecule has 1 amide bonds. The number of carbonyl (C=O) groups excluding carboxylic acids is 1. The van der Waals surface area contributed by atoms with Gasteiger partial charge in [-0.3, -0.25) is 4.79 Å². The quantitative estimate of drug-likeness (QED) is 0.761. The number of fused-ring (bicyclic) bond motifs is 1. The molecule has 33 heavy (non-hydrogen) atoms. The van der Waals surface area contributed by atoms with Crippen molar-refractivity contribution in [1.82, 2.24) is 19.9 Å². The standard InChI is InChI=1S/C24H28FN5O3/c1-15-26-24(33-28-15)16-3-6-19(7-4-16)27-23(31)21-8-5-17-13-18(25)14-20(22(17)32-21)30-11-9-29(2)10-12-30/h3-4,6-7,13,18,21H,5,8-12,14H2,1-2H3,(H,27,31). The number of anilines is 1. The van der Waals surface area contributed by atoms with Crippen LogP contribution in [0.3, 0.4) is 0 Å². The first-order valence-corrected chi connectivity index (χ1v) is 11.4. The van der Waals surface area contributed by atoms with E-state index in [0.29, 0.717) is 42.4 Å². The molecule has 1 N–H and O–H groups in total.